The van der Waals surface area contributed by atoms with Crippen LogP contribution in [0.1, 0.15) is 66.8 Å². The van der Waals surface area contributed by atoms with Crippen LogP contribution in [0.4, 0.5) is 0 Å². The van der Waals surface area contributed by atoms with Crippen molar-refractivity contribution < 1.29 is 14.8 Å². The number of hydrogen-bond donors (Lipinski definition) is 3. The Hall–Kier alpha value is -3.38. The quantitative estimate of drug-likeness (QED) is 0.247. The molecule has 6 nitrogen and oxygen atoms in total. The molecule has 2 aromatic carbocycles. The van der Waals surface area contributed by atoms with E-state index in [-0.39, 0.29) is 12.0 Å². The van der Waals surface area contributed by atoms with Crippen molar-refractivity contribution in [3.05, 3.63) is 77.0 Å². The number of aromatic nitrogens is 1. The number of fused-ring (bicyclic) bond motifs is 2. The highest BCUT2D eigenvalue weighted by Crippen LogP contribution is 2.39. The second kappa shape index (κ2) is 10.5. The van der Waals surface area contributed by atoms with Gasteiger partial charge in [-0.1, -0.05) is 55.7 Å². The number of rotatable bonds is 7. The molecular weight excluding hydrogens is 438 g/mol. The number of amides is 2. The van der Waals surface area contributed by atoms with E-state index in [2.05, 4.69) is 46.4 Å². The van der Waals surface area contributed by atoms with Crippen molar-refractivity contribution in [1.29, 1.82) is 0 Å². The molecule has 2 amide bonds. The number of carbonyl (C=O) groups excluding carboxylic acids is 2. The molecule has 3 N–H and O–H groups in total. The molecule has 0 radical (unpaired) electrons. The lowest BCUT2D eigenvalue weighted by Gasteiger charge is -2.34. The summed E-state index contributed by atoms with van der Waals surface area (Å²) in [6.45, 7) is 0.708. The third kappa shape index (κ3) is 5.03. The predicted molar refractivity (Wildman–Crippen MR) is 137 cm³/mol. The van der Waals surface area contributed by atoms with Gasteiger partial charge in [0.15, 0.2) is 0 Å². The van der Waals surface area contributed by atoms with Crippen LogP contribution in [-0.2, 0) is 22.4 Å². The molecule has 2 aliphatic carbocycles. The van der Waals surface area contributed by atoms with Crippen LogP contribution in [0, 0.1) is 5.92 Å². The van der Waals surface area contributed by atoms with Gasteiger partial charge in [-0.05, 0) is 66.5 Å². The Labute approximate surface area is 206 Å². The molecule has 0 spiro atoms. The number of para-hydroxylation sites is 1. The smallest absolute Gasteiger partial charge is 0.267 e. The minimum atomic E-state index is -0.551. The molecule has 1 heterocycles. The number of benzene rings is 2. The molecule has 3 aromatic rings. The zero-order valence-electron chi connectivity index (χ0n) is 20.0. The summed E-state index contributed by atoms with van der Waals surface area (Å²) in [5, 5.41) is 9.94. The number of nitrogens with zero attached hydrogens (tertiary/aromatic N) is 1. The summed E-state index contributed by atoms with van der Waals surface area (Å²) < 4.78 is 0. The zero-order valence-corrected chi connectivity index (χ0v) is 20.0. The van der Waals surface area contributed by atoms with Gasteiger partial charge in [0.1, 0.15) is 0 Å². The highest BCUT2D eigenvalue weighted by molar-refractivity contribution is 5.90. The molecule has 0 aliphatic heterocycles. The fraction of sp³-hybridized carbons (Fsp3) is 0.379. The predicted octanol–water partition coefficient (Wildman–Crippen LogP) is 5.33. The maximum atomic E-state index is 13.8. The van der Waals surface area contributed by atoms with Gasteiger partial charge in [-0.25, -0.2) is 5.48 Å². The first-order valence-corrected chi connectivity index (χ1v) is 12.7. The van der Waals surface area contributed by atoms with Crippen molar-refractivity contribution >= 4 is 28.8 Å². The van der Waals surface area contributed by atoms with E-state index in [1.807, 2.05) is 12.1 Å². The number of aromatic amines is 1. The van der Waals surface area contributed by atoms with Crippen LogP contribution in [0.25, 0.3) is 17.0 Å². The second-order valence-electron chi connectivity index (χ2n) is 9.80. The fourth-order valence-corrected chi connectivity index (χ4v) is 5.83. The third-order valence-electron chi connectivity index (χ3n) is 7.66. The van der Waals surface area contributed by atoms with Gasteiger partial charge >= 0.3 is 0 Å². The molecular formula is C29H33N3O3. The SMILES string of the molecule is O=C(/C=C/c1ccc2c(c1)CCC2N(CCc1c[nH]c2ccccc12)C(=O)C1CCCCC1)NO. The summed E-state index contributed by atoms with van der Waals surface area (Å²) in [5.74, 6) is -0.106. The van der Waals surface area contributed by atoms with Crippen LogP contribution in [0.5, 0.6) is 0 Å². The Bertz CT molecular complexity index is 1240. The topological polar surface area (TPSA) is 85.4 Å². The number of H-pyrrole nitrogens is 1. The number of nitrogens with one attached hydrogen (secondary N) is 2. The number of carbonyl (C=O) groups is 2. The van der Waals surface area contributed by atoms with Gasteiger partial charge in [-0.2, -0.15) is 0 Å². The maximum Gasteiger partial charge on any atom is 0.267 e. The summed E-state index contributed by atoms with van der Waals surface area (Å²) in [7, 11) is 0. The number of hydrogen-bond acceptors (Lipinski definition) is 3. The van der Waals surface area contributed by atoms with Crippen molar-refractivity contribution in [2.24, 2.45) is 5.92 Å². The van der Waals surface area contributed by atoms with E-state index < -0.39 is 5.91 Å². The Balaban J connectivity index is 1.39. The molecule has 1 atom stereocenters. The molecule has 1 aromatic heterocycles. The van der Waals surface area contributed by atoms with Crippen molar-refractivity contribution in [3.63, 3.8) is 0 Å². The van der Waals surface area contributed by atoms with Crippen LogP contribution in [0.15, 0.2) is 54.7 Å². The lowest BCUT2D eigenvalue weighted by molar-refractivity contribution is -0.139. The molecule has 1 saturated carbocycles. The van der Waals surface area contributed by atoms with Crippen LogP contribution >= 0.6 is 0 Å². The van der Waals surface area contributed by atoms with Crippen LogP contribution < -0.4 is 5.48 Å². The van der Waals surface area contributed by atoms with Crippen molar-refractivity contribution in [2.45, 2.75) is 57.4 Å². The Morgan fingerprint density at radius 1 is 1.09 bits per heavy atom. The summed E-state index contributed by atoms with van der Waals surface area (Å²) in [4.78, 5) is 30.7. The molecule has 6 heteroatoms. The lowest BCUT2D eigenvalue weighted by atomic mass is 9.87. The second-order valence-corrected chi connectivity index (χ2v) is 9.80. The van der Waals surface area contributed by atoms with Gasteiger partial charge in [-0.3, -0.25) is 14.8 Å². The summed E-state index contributed by atoms with van der Waals surface area (Å²) in [5.41, 5.74) is 7.37. The normalized spacial score (nSPS) is 18.1. The van der Waals surface area contributed by atoms with Gasteiger partial charge in [0.2, 0.25) is 5.91 Å². The van der Waals surface area contributed by atoms with E-state index >= 15 is 0 Å². The summed E-state index contributed by atoms with van der Waals surface area (Å²) in [6, 6.07) is 14.6. The van der Waals surface area contributed by atoms with Gasteiger partial charge in [0.05, 0.1) is 6.04 Å². The molecule has 0 saturated heterocycles. The zero-order chi connectivity index (χ0) is 24.2. The summed E-state index contributed by atoms with van der Waals surface area (Å²) >= 11 is 0. The van der Waals surface area contributed by atoms with Crippen LogP contribution in [0.2, 0.25) is 0 Å². The minimum Gasteiger partial charge on any atom is -0.361 e. The average molecular weight is 472 g/mol. The monoisotopic (exact) mass is 471 g/mol. The highest BCUT2D eigenvalue weighted by Gasteiger charge is 2.34. The van der Waals surface area contributed by atoms with E-state index in [0.29, 0.717) is 12.5 Å². The average Bonchev–Trinajstić information content (AvgIpc) is 3.52. The first kappa shape index (κ1) is 23.4. The molecule has 5 rings (SSSR count). The third-order valence-corrected chi connectivity index (χ3v) is 7.66. The number of aryl methyl sites for hydroxylation is 1. The van der Waals surface area contributed by atoms with Crippen molar-refractivity contribution in [2.75, 3.05) is 6.54 Å². The first-order valence-electron chi connectivity index (χ1n) is 12.7. The van der Waals surface area contributed by atoms with Gasteiger partial charge < -0.3 is 9.88 Å². The summed E-state index contributed by atoms with van der Waals surface area (Å²) in [6.07, 6.45) is 13.3. The van der Waals surface area contributed by atoms with Crippen LogP contribution in [-0.4, -0.2) is 33.5 Å². The molecule has 182 valence electrons. The van der Waals surface area contributed by atoms with E-state index in [4.69, 9.17) is 5.21 Å². The molecule has 1 unspecified atom stereocenters. The largest absolute Gasteiger partial charge is 0.361 e. The lowest BCUT2D eigenvalue weighted by Crippen LogP contribution is -2.40. The van der Waals surface area contributed by atoms with Crippen LogP contribution in [0.3, 0.4) is 0 Å². The van der Waals surface area contributed by atoms with E-state index in [9.17, 15) is 9.59 Å². The Morgan fingerprint density at radius 3 is 2.74 bits per heavy atom. The van der Waals surface area contributed by atoms with E-state index in [1.54, 1.807) is 11.6 Å². The molecule has 1 fully saturated rings. The minimum absolute atomic E-state index is 0.0865. The van der Waals surface area contributed by atoms with Gasteiger partial charge in [0, 0.05) is 35.6 Å². The fourth-order valence-electron chi connectivity index (χ4n) is 5.83. The number of hydroxylamine groups is 1. The molecule has 0 bridgehead atoms. The first-order chi connectivity index (χ1) is 17.1. The highest BCUT2D eigenvalue weighted by atomic mass is 16.5. The van der Waals surface area contributed by atoms with Crippen molar-refractivity contribution in [3.8, 4) is 0 Å². The van der Waals surface area contributed by atoms with E-state index in [0.717, 1.165) is 56.0 Å². The standard InChI is InChI=1S/C29H33N3O3/c33-28(31-35)15-11-20-10-13-25-22(18-20)12-14-27(25)32(29(34)21-6-2-1-3-7-21)17-16-23-19-30-26-9-5-4-8-24(23)26/h4-5,8-11,13,15,18-19,21,27,30,35H,1-3,6-7,12,14,16-17H2,(H,31,33)/b15-11+. The van der Waals surface area contributed by atoms with Gasteiger partial charge in [0.25, 0.3) is 5.91 Å². The van der Waals surface area contributed by atoms with E-state index in [1.165, 1.54) is 34.6 Å². The van der Waals surface area contributed by atoms with Gasteiger partial charge in [-0.15, -0.1) is 0 Å². The van der Waals surface area contributed by atoms with Crippen molar-refractivity contribution in [1.82, 2.24) is 15.4 Å². The Kier molecular flexibility index (Phi) is 7.00. The maximum absolute atomic E-state index is 13.8. The molecule has 35 heavy (non-hydrogen) atoms. The molecule has 2 aliphatic rings. The Morgan fingerprint density at radius 2 is 1.91 bits per heavy atom.